The van der Waals surface area contributed by atoms with Crippen molar-refractivity contribution in [3.63, 3.8) is 0 Å². The number of rotatable bonds is 0. The Morgan fingerprint density at radius 1 is 1.18 bits per heavy atom. The third-order valence-corrected chi connectivity index (χ3v) is 7.13. The van der Waals surface area contributed by atoms with Crippen LogP contribution in [0.4, 0.5) is 0 Å². The van der Waals surface area contributed by atoms with Crippen molar-refractivity contribution < 1.29 is 9.63 Å². The number of fused-ring (bicyclic) bond motifs is 4. The molecule has 1 unspecified atom stereocenters. The highest BCUT2D eigenvalue weighted by Gasteiger charge is 2.60. The standard InChI is InChI=1S/C19H27NO2/c1-17(2)13-8-9-18(3)14(6-5-7-15(18)21)19(13,4)10-12-11-20-22-16(12)17/h6,11,13,15,21H,5,7-10H2,1-4H3/t13-,15+,18?,19-/m0/s1. The van der Waals surface area contributed by atoms with Gasteiger partial charge in [0, 0.05) is 16.4 Å². The molecule has 1 N–H and O–H groups in total. The van der Waals surface area contributed by atoms with Crippen molar-refractivity contribution >= 4 is 0 Å². The summed E-state index contributed by atoms with van der Waals surface area (Å²) in [6, 6.07) is 0. The fraction of sp³-hybridized carbons (Fsp3) is 0.737. The number of allylic oxidation sites excluding steroid dienone is 1. The summed E-state index contributed by atoms with van der Waals surface area (Å²) in [5.41, 5.74) is 2.82. The van der Waals surface area contributed by atoms with Crippen LogP contribution < -0.4 is 0 Å². The average Bonchev–Trinajstić information content (AvgIpc) is 2.89. The summed E-state index contributed by atoms with van der Waals surface area (Å²) >= 11 is 0. The van der Waals surface area contributed by atoms with Gasteiger partial charge in [-0.2, -0.15) is 0 Å². The Labute approximate surface area is 132 Å². The third kappa shape index (κ3) is 1.58. The first kappa shape index (κ1) is 14.5. The van der Waals surface area contributed by atoms with E-state index in [0.717, 1.165) is 37.9 Å². The second-order valence-corrected chi connectivity index (χ2v) is 8.72. The van der Waals surface area contributed by atoms with Crippen LogP contribution in [0.15, 0.2) is 22.4 Å². The Morgan fingerprint density at radius 3 is 2.73 bits per heavy atom. The molecule has 0 saturated heterocycles. The smallest absolute Gasteiger partial charge is 0.145 e. The van der Waals surface area contributed by atoms with E-state index in [-0.39, 0.29) is 22.3 Å². The first-order valence-corrected chi connectivity index (χ1v) is 8.63. The lowest BCUT2D eigenvalue weighted by atomic mass is 9.44. The van der Waals surface area contributed by atoms with Gasteiger partial charge in [0.05, 0.1) is 12.3 Å². The van der Waals surface area contributed by atoms with E-state index in [0.29, 0.717) is 5.92 Å². The average molecular weight is 301 g/mol. The van der Waals surface area contributed by atoms with Gasteiger partial charge in [0.1, 0.15) is 5.76 Å². The van der Waals surface area contributed by atoms with Crippen molar-refractivity contribution in [3.8, 4) is 0 Å². The van der Waals surface area contributed by atoms with Crippen molar-refractivity contribution in [3.05, 3.63) is 29.2 Å². The van der Waals surface area contributed by atoms with Crippen LogP contribution in [0.2, 0.25) is 0 Å². The molecular weight excluding hydrogens is 274 g/mol. The molecule has 1 heterocycles. The summed E-state index contributed by atoms with van der Waals surface area (Å²) in [4.78, 5) is 0. The van der Waals surface area contributed by atoms with Crippen molar-refractivity contribution in [1.29, 1.82) is 0 Å². The van der Waals surface area contributed by atoms with Gasteiger partial charge >= 0.3 is 0 Å². The molecule has 3 heteroatoms. The lowest BCUT2D eigenvalue weighted by Crippen LogP contribution is -2.56. The molecule has 1 aromatic heterocycles. The zero-order chi connectivity index (χ0) is 15.8. The summed E-state index contributed by atoms with van der Waals surface area (Å²) in [6.45, 7) is 9.31. The Kier molecular flexibility index (Phi) is 2.80. The van der Waals surface area contributed by atoms with Gasteiger partial charge < -0.3 is 9.63 Å². The molecule has 0 aliphatic heterocycles. The molecule has 3 aliphatic rings. The second kappa shape index (κ2) is 4.25. The maximum Gasteiger partial charge on any atom is 0.145 e. The Bertz CT molecular complexity index is 644. The van der Waals surface area contributed by atoms with Crippen LogP contribution in [-0.2, 0) is 11.8 Å². The quantitative estimate of drug-likeness (QED) is 0.736. The van der Waals surface area contributed by atoms with E-state index < -0.39 is 0 Å². The summed E-state index contributed by atoms with van der Waals surface area (Å²) in [7, 11) is 0. The van der Waals surface area contributed by atoms with Crippen LogP contribution in [0.1, 0.15) is 64.7 Å². The van der Waals surface area contributed by atoms with E-state index in [4.69, 9.17) is 4.52 Å². The summed E-state index contributed by atoms with van der Waals surface area (Å²) in [5, 5.41) is 14.8. The minimum Gasteiger partial charge on any atom is -0.392 e. The number of aliphatic hydroxyl groups is 1. The van der Waals surface area contributed by atoms with Gasteiger partial charge in [-0.25, -0.2) is 0 Å². The zero-order valence-corrected chi connectivity index (χ0v) is 14.1. The second-order valence-electron chi connectivity index (χ2n) is 8.72. The lowest BCUT2D eigenvalue weighted by molar-refractivity contribution is -0.0374. The van der Waals surface area contributed by atoms with Gasteiger partial charge in [0.25, 0.3) is 0 Å². The molecule has 22 heavy (non-hydrogen) atoms. The number of hydrogen-bond acceptors (Lipinski definition) is 3. The molecular formula is C19H27NO2. The summed E-state index contributed by atoms with van der Waals surface area (Å²) in [5.74, 6) is 1.63. The molecule has 0 amide bonds. The largest absolute Gasteiger partial charge is 0.392 e. The molecule has 1 aromatic rings. The lowest BCUT2D eigenvalue weighted by Gasteiger charge is -2.60. The predicted molar refractivity (Wildman–Crippen MR) is 85.5 cm³/mol. The predicted octanol–water partition coefficient (Wildman–Crippen LogP) is 4.01. The summed E-state index contributed by atoms with van der Waals surface area (Å²) in [6.07, 6.45) is 9.28. The molecule has 3 nitrogen and oxygen atoms in total. The number of hydrogen-bond donors (Lipinski definition) is 1. The highest BCUT2D eigenvalue weighted by molar-refractivity contribution is 5.40. The van der Waals surface area contributed by atoms with Crippen LogP contribution in [0.25, 0.3) is 0 Å². The van der Waals surface area contributed by atoms with E-state index in [1.807, 2.05) is 6.20 Å². The van der Waals surface area contributed by atoms with E-state index in [1.165, 1.54) is 11.1 Å². The fourth-order valence-electron chi connectivity index (χ4n) is 6.10. The van der Waals surface area contributed by atoms with Gasteiger partial charge in [-0.3, -0.25) is 0 Å². The number of aliphatic hydroxyl groups excluding tert-OH is 1. The third-order valence-electron chi connectivity index (χ3n) is 7.13. The molecule has 120 valence electrons. The van der Waals surface area contributed by atoms with E-state index in [2.05, 4.69) is 38.9 Å². The molecule has 3 aliphatic carbocycles. The Hall–Kier alpha value is -1.09. The first-order chi connectivity index (χ1) is 10.3. The van der Waals surface area contributed by atoms with E-state index in [1.54, 1.807) is 0 Å². The van der Waals surface area contributed by atoms with Gasteiger partial charge in [0.2, 0.25) is 0 Å². The number of aromatic nitrogens is 1. The Morgan fingerprint density at radius 2 is 1.95 bits per heavy atom. The van der Waals surface area contributed by atoms with Crippen LogP contribution >= 0.6 is 0 Å². The van der Waals surface area contributed by atoms with Crippen LogP contribution in [0.3, 0.4) is 0 Å². The molecule has 1 fully saturated rings. The first-order valence-electron chi connectivity index (χ1n) is 8.63. The SMILES string of the molecule is CC12CC[C@H]3C(C)(C)c4oncc4C[C@]3(C)C1=CCC[C@H]2O. The molecule has 4 rings (SSSR count). The van der Waals surface area contributed by atoms with E-state index >= 15 is 0 Å². The Balaban J connectivity index is 1.89. The maximum atomic E-state index is 10.7. The zero-order valence-electron chi connectivity index (χ0n) is 14.1. The molecule has 0 spiro atoms. The minimum atomic E-state index is -0.197. The monoisotopic (exact) mass is 301 g/mol. The van der Waals surface area contributed by atoms with Crippen molar-refractivity contribution in [2.24, 2.45) is 16.7 Å². The minimum absolute atomic E-state index is 0.00338. The van der Waals surface area contributed by atoms with Gasteiger partial charge in [0.15, 0.2) is 0 Å². The van der Waals surface area contributed by atoms with Crippen LogP contribution in [0, 0.1) is 16.7 Å². The van der Waals surface area contributed by atoms with Gasteiger partial charge in [-0.05, 0) is 43.4 Å². The highest BCUT2D eigenvalue weighted by Crippen LogP contribution is 2.64. The van der Waals surface area contributed by atoms with Crippen molar-refractivity contribution in [1.82, 2.24) is 5.16 Å². The molecule has 0 radical (unpaired) electrons. The van der Waals surface area contributed by atoms with Gasteiger partial charge in [-0.1, -0.05) is 44.5 Å². The van der Waals surface area contributed by atoms with E-state index in [9.17, 15) is 5.11 Å². The highest BCUT2D eigenvalue weighted by atomic mass is 16.5. The molecule has 4 atom stereocenters. The molecule has 0 aromatic carbocycles. The van der Waals surface area contributed by atoms with Crippen molar-refractivity contribution in [2.45, 2.75) is 71.3 Å². The van der Waals surface area contributed by atoms with Gasteiger partial charge in [-0.15, -0.1) is 0 Å². The normalized spacial score (nSPS) is 42.9. The maximum absolute atomic E-state index is 10.7. The topological polar surface area (TPSA) is 46.3 Å². The molecule has 1 saturated carbocycles. The van der Waals surface area contributed by atoms with Crippen LogP contribution in [0.5, 0.6) is 0 Å². The fourth-order valence-corrected chi connectivity index (χ4v) is 6.10. The number of nitrogens with zero attached hydrogens (tertiary/aromatic N) is 1. The van der Waals surface area contributed by atoms with Crippen molar-refractivity contribution in [2.75, 3.05) is 0 Å². The summed E-state index contributed by atoms with van der Waals surface area (Å²) < 4.78 is 5.63. The van der Waals surface area contributed by atoms with Crippen LogP contribution in [-0.4, -0.2) is 16.4 Å². The molecule has 0 bridgehead atoms.